The van der Waals surface area contributed by atoms with Crippen molar-refractivity contribution < 1.29 is 14.5 Å². The van der Waals surface area contributed by atoms with E-state index in [1.165, 1.54) is 18.1 Å². The van der Waals surface area contributed by atoms with Crippen LogP contribution in [0, 0.1) is 10.1 Å². The smallest absolute Gasteiger partial charge is 0.288 e. The summed E-state index contributed by atoms with van der Waals surface area (Å²) in [6.07, 6.45) is 1.12. The molecule has 1 aromatic heterocycles. The monoisotopic (exact) mass is 239 g/mol. The van der Waals surface area contributed by atoms with Crippen molar-refractivity contribution in [1.82, 2.24) is 9.88 Å². The van der Waals surface area contributed by atoms with Gasteiger partial charge in [0.25, 0.3) is 5.69 Å². The zero-order valence-corrected chi connectivity index (χ0v) is 9.84. The first kappa shape index (κ1) is 12.9. The number of nitro groups is 1. The van der Waals surface area contributed by atoms with Crippen molar-refractivity contribution in [2.24, 2.45) is 0 Å². The first-order valence-corrected chi connectivity index (χ1v) is 4.83. The maximum Gasteiger partial charge on any atom is 0.288 e. The summed E-state index contributed by atoms with van der Waals surface area (Å²) in [5.41, 5.74) is 0.243. The van der Waals surface area contributed by atoms with Crippen molar-refractivity contribution in [3.8, 4) is 5.88 Å². The largest absolute Gasteiger partial charge is 0.481 e. The summed E-state index contributed by atoms with van der Waals surface area (Å²) in [5.74, 6) is 0.0522. The molecule has 0 atom stereocenters. The summed E-state index contributed by atoms with van der Waals surface area (Å²) in [5, 5.41) is 10.6. The Labute approximate surface area is 98.2 Å². The molecule has 1 rings (SSSR count). The predicted octanol–water partition coefficient (Wildman–Crippen LogP) is 0.629. The Kier molecular flexibility index (Phi) is 3.97. The van der Waals surface area contributed by atoms with Crippen LogP contribution in [0.25, 0.3) is 0 Å². The Bertz CT molecular complexity index is 445. The molecule has 0 aliphatic rings. The summed E-state index contributed by atoms with van der Waals surface area (Å²) in [7, 11) is 4.62. The second-order valence-corrected chi connectivity index (χ2v) is 3.58. The Morgan fingerprint density at radius 2 is 2.24 bits per heavy atom. The van der Waals surface area contributed by atoms with Gasteiger partial charge in [-0.3, -0.25) is 14.9 Å². The summed E-state index contributed by atoms with van der Waals surface area (Å²) < 4.78 is 4.96. The SMILES string of the molecule is COc1ncc([N+](=O)[O-])cc1CC(=O)N(C)C. The quantitative estimate of drug-likeness (QED) is 0.568. The zero-order chi connectivity index (χ0) is 13.0. The molecule has 0 saturated carbocycles. The molecule has 1 amide bonds. The molecule has 0 saturated heterocycles. The van der Waals surface area contributed by atoms with Crippen molar-refractivity contribution in [1.29, 1.82) is 0 Å². The second-order valence-electron chi connectivity index (χ2n) is 3.58. The average molecular weight is 239 g/mol. The fourth-order valence-corrected chi connectivity index (χ4v) is 1.22. The Balaban J connectivity index is 3.06. The van der Waals surface area contributed by atoms with E-state index in [2.05, 4.69) is 4.98 Å². The number of rotatable bonds is 4. The third-order valence-corrected chi connectivity index (χ3v) is 2.16. The number of amides is 1. The maximum atomic E-state index is 11.5. The number of methoxy groups -OCH3 is 1. The second kappa shape index (κ2) is 5.24. The molecule has 92 valence electrons. The van der Waals surface area contributed by atoms with E-state index < -0.39 is 4.92 Å². The Hall–Kier alpha value is -2.18. The topological polar surface area (TPSA) is 85.6 Å². The van der Waals surface area contributed by atoms with E-state index in [1.54, 1.807) is 14.1 Å². The molecule has 0 N–H and O–H groups in total. The molecule has 7 heteroatoms. The van der Waals surface area contributed by atoms with E-state index in [9.17, 15) is 14.9 Å². The standard InChI is InChI=1S/C10H13N3O4/c1-12(2)9(14)5-7-4-8(13(15)16)6-11-10(7)17-3/h4,6H,5H2,1-3H3. The summed E-state index contributed by atoms with van der Waals surface area (Å²) in [6.45, 7) is 0. The molecule has 1 aromatic rings. The van der Waals surface area contributed by atoms with E-state index in [-0.39, 0.29) is 23.9 Å². The number of carbonyl (C=O) groups is 1. The number of pyridine rings is 1. The first-order valence-electron chi connectivity index (χ1n) is 4.83. The lowest BCUT2D eigenvalue weighted by Crippen LogP contribution is -2.23. The van der Waals surface area contributed by atoms with Gasteiger partial charge in [-0.15, -0.1) is 0 Å². The molecule has 7 nitrogen and oxygen atoms in total. The highest BCUT2D eigenvalue weighted by molar-refractivity contribution is 5.79. The molecular formula is C10H13N3O4. The number of hydrogen-bond donors (Lipinski definition) is 0. The highest BCUT2D eigenvalue weighted by atomic mass is 16.6. The van der Waals surface area contributed by atoms with Gasteiger partial charge in [0.1, 0.15) is 6.20 Å². The Morgan fingerprint density at radius 3 is 2.71 bits per heavy atom. The van der Waals surface area contributed by atoms with Crippen LogP contribution in [0.15, 0.2) is 12.3 Å². The molecule has 0 fully saturated rings. The van der Waals surface area contributed by atoms with Crippen LogP contribution < -0.4 is 4.74 Å². The molecule has 0 aliphatic carbocycles. The normalized spacial score (nSPS) is 9.82. The fraction of sp³-hybridized carbons (Fsp3) is 0.400. The highest BCUT2D eigenvalue weighted by Crippen LogP contribution is 2.21. The number of carbonyl (C=O) groups excluding carboxylic acids is 1. The van der Waals surface area contributed by atoms with Crippen molar-refractivity contribution in [3.05, 3.63) is 27.9 Å². The zero-order valence-electron chi connectivity index (χ0n) is 9.84. The number of aromatic nitrogens is 1. The molecule has 0 unspecified atom stereocenters. The molecule has 0 aromatic carbocycles. The minimum absolute atomic E-state index is 0.0187. The van der Waals surface area contributed by atoms with E-state index in [1.807, 2.05) is 0 Å². The van der Waals surface area contributed by atoms with Crippen molar-refractivity contribution in [3.63, 3.8) is 0 Å². The van der Waals surface area contributed by atoms with E-state index in [4.69, 9.17) is 4.74 Å². The summed E-state index contributed by atoms with van der Waals surface area (Å²) in [6, 6.07) is 1.30. The van der Waals surface area contributed by atoms with Gasteiger partial charge in [-0.1, -0.05) is 0 Å². The molecular weight excluding hydrogens is 226 g/mol. The molecule has 1 heterocycles. The van der Waals surface area contributed by atoms with Crippen LogP contribution in [0.3, 0.4) is 0 Å². The highest BCUT2D eigenvalue weighted by Gasteiger charge is 2.16. The van der Waals surface area contributed by atoms with Crippen molar-refractivity contribution >= 4 is 11.6 Å². The molecule has 17 heavy (non-hydrogen) atoms. The van der Waals surface area contributed by atoms with Gasteiger partial charge < -0.3 is 9.64 Å². The maximum absolute atomic E-state index is 11.5. The van der Waals surface area contributed by atoms with Gasteiger partial charge in [0.05, 0.1) is 18.5 Å². The van der Waals surface area contributed by atoms with Gasteiger partial charge in [-0.25, -0.2) is 4.98 Å². The first-order chi connectivity index (χ1) is 7.95. The number of hydrogen-bond acceptors (Lipinski definition) is 5. The van der Waals surface area contributed by atoms with Gasteiger partial charge in [-0.2, -0.15) is 0 Å². The molecule has 0 bridgehead atoms. The van der Waals surface area contributed by atoms with E-state index >= 15 is 0 Å². The van der Waals surface area contributed by atoms with Crippen LogP contribution in [0.4, 0.5) is 5.69 Å². The average Bonchev–Trinajstić information content (AvgIpc) is 2.28. The van der Waals surface area contributed by atoms with E-state index in [0.29, 0.717) is 5.56 Å². The van der Waals surface area contributed by atoms with Gasteiger partial charge in [0.2, 0.25) is 11.8 Å². The van der Waals surface area contributed by atoms with Gasteiger partial charge in [0, 0.05) is 25.7 Å². The van der Waals surface area contributed by atoms with Crippen LogP contribution in [-0.2, 0) is 11.2 Å². The van der Waals surface area contributed by atoms with Crippen LogP contribution in [0.5, 0.6) is 5.88 Å². The lowest BCUT2D eigenvalue weighted by atomic mass is 10.1. The summed E-state index contributed by atoms with van der Waals surface area (Å²) >= 11 is 0. The van der Waals surface area contributed by atoms with Crippen LogP contribution in [-0.4, -0.2) is 41.9 Å². The Morgan fingerprint density at radius 1 is 1.59 bits per heavy atom. The van der Waals surface area contributed by atoms with Crippen LogP contribution in [0.1, 0.15) is 5.56 Å². The van der Waals surface area contributed by atoms with Gasteiger partial charge >= 0.3 is 0 Å². The molecule has 0 aliphatic heterocycles. The third kappa shape index (κ3) is 3.13. The predicted molar refractivity (Wildman–Crippen MR) is 59.8 cm³/mol. The lowest BCUT2D eigenvalue weighted by molar-refractivity contribution is -0.385. The van der Waals surface area contributed by atoms with Crippen LogP contribution in [0.2, 0.25) is 0 Å². The number of nitrogens with zero attached hydrogens (tertiary/aromatic N) is 3. The lowest BCUT2D eigenvalue weighted by Gasteiger charge is -2.11. The van der Waals surface area contributed by atoms with Crippen LogP contribution >= 0.6 is 0 Å². The fourth-order valence-electron chi connectivity index (χ4n) is 1.22. The molecule has 0 radical (unpaired) electrons. The number of ether oxygens (including phenoxy) is 1. The minimum Gasteiger partial charge on any atom is -0.481 e. The van der Waals surface area contributed by atoms with Gasteiger partial charge in [-0.05, 0) is 0 Å². The van der Waals surface area contributed by atoms with Gasteiger partial charge in [0.15, 0.2) is 0 Å². The summed E-state index contributed by atoms with van der Waals surface area (Å²) in [4.78, 5) is 26.8. The van der Waals surface area contributed by atoms with E-state index in [0.717, 1.165) is 6.20 Å². The van der Waals surface area contributed by atoms with Crippen molar-refractivity contribution in [2.75, 3.05) is 21.2 Å². The van der Waals surface area contributed by atoms with Crippen molar-refractivity contribution in [2.45, 2.75) is 6.42 Å². The third-order valence-electron chi connectivity index (χ3n) is 2.16. The molecule has 0 spiro atoms. The minimum atomic E-state index is -0.559. The number of likely N-dealkylation sites (N-methyl/N-ethyl adjacent to an activating group) is 1.